The molecule has 1 aliphatic rings. The molecule has 1 saturated heterocycles. The average Bonchev–Trinajstić information content (AvgIpc) is 2.39. The molecule has 0 saturated carbocycles. The topological polar surface area (TPSA) is 60.5 Å². The van der Waals surface area contributed by atoms with Crippen molar-refractivity contribution in [2.75, 3.05) is 20.2 Å². The van der Waals surface area contributed by atoms with Crippen LogP contribution in [0.2, 0.25) is 0 Å². The predicted octanol–water partition coefficient (Wildman–Crippen LogP) is 1.84. The van der Waals surface area contributed by atoms with Crippen molar-refractivity contribution < 1.29 is 14.3 Å². The van der Waals surface area contributed by atoms with Gasteiger partial charge in [0.05, 0.1) is 18.9 Å². The second-order valence-electron chi connectivity index (χ2n) is 3.97. The van der Waals surface area contributed by atoms with E-state index < -0.39 is 5.97 Å². The lowest BCUT2D eigenvalue weighted by Gasteiger charge is -2.23. The van der Waals surface area contributed by atoms with Gasteiger partial charge in [0.2, 0.25) is 0 Å². The van der Waals surface area contributed by atoms with Crippen LogP contribution >= 0.6 is 24.8 Å². The summed E-state index contributed by atoms with van der Waals surface area (Å²) >= 11 is 0. The summed E-state index contributed by atoms with van der Waals surface area (Å²) < 4.78 is 10.4. The second kappa shape index (κ2) is 8.96. The molecule has 1 fully saturated rings. The first kappa shape index (κ1) is 18.0. The number of hydrogen-bond acceptors (Lipinski definition) is 5. The van der Waals surface area contributed by atoms with Gasteiger partial charge in [0.1, 0.15) is 11.9 Å². The fourth-order valence-electron chi connectivity index (χ4n) is 1.82. The molecular weight excluding hydrogens is 291 g/mol. The zero-order valence-corrected chi connectivity index (χ0v) is 12.3. The maximum Gasteiger partial charge on any atom is 0.339 e. The summed E-state index contributed by atoms with van der Waals surface area (Å²) in [7, 11) is 1.35. The van der Waals surface area contributed by atoms with Crippen LogP contribution < -0.4 is 10.1 Å². The van der Waals surface area contributed by atoms with E-state index in [0.29, 0.717) is 11.3 Å². The normalized spacial score (nSPS) is 14.8. The number of rotatable bonds is 3. The monoisotopic (exact) mass is 308 g/mol. The summed E-state index contributed by atoms with van der Waals surface area (Å²) in [5, 5.41) is 3.27. The molecule has 1 aromatic heterocycles. The molecule has 0 aromatic carbocycles. The number of halogens is 2. The number of carbonyl (C=O) groups is 1. The van der Waals surface area contributed by atoms with E-state index in [1.807, 2.05) is 0 Å². The van der Waals surface area contributed by atoms with Gasteiger partial charge in [-0.1, -0.05) is 0 Å². The van der Waals surface area contributed by atoms with Gasteiger partial charge in [0, 0.05) is 6.20 Å². The maximum absolute atomic E-state index is 11.3. The molecule has 0 unspecified atom stereocenters. The van der Waals surface area contributed by atoms with Gasteiger partial charge in [-0.05, 0) is 32.0 Å². The minimum atomic E-state index is -0.395. The molecule has 1 N–H and O–H groups in total. The van der Waals surface area contributed by atoms with E-state index >= 15 is 0 Å². The van der Waals surface area contributed by atoms with Crippen LogP contribution in [0.25, 0.3) is 0 Å². The molecule has 2 rings (SSSR count). The smallest absolute Gasteiger partial charge is 0.339 e. The third kappa shape index (κ3) is 5.22. The van der Waals surface area contributed by atoms with Gasteiger partial charge >= 0.3 is 5.97 Å². The zero-order chi connectivity index (χ0) is 12.1. The summed E-state index contributed by atoms with van der Waals surface area (Å²) in [6.45, 7) is 1.93. The summed E-state index contributed by atoms with van der Waals surface area (Å²) in [6.07, 6.45) is 5.24. The Bertz CT molecular complexity index is 398. The van der Waals surface area contributed by atoms with Gasteiger partial charge in [0.25, 0.3) is 0 Å². The minimum absolute atomic E-state index is 0. The standard InChI is InChI=1S/C12H16N2O3.2ClH/c1-16-12(15)9-6-11(8-14-7-9)17-10-2-4-13-5-3-10;;/h6-8,10,13H,2-5H2,1H3;2*1H. The maximum atomic E-state index is 11.3. The van der Waals surface area contributed by atoms with E-state index in [-0.39, 0.29) is 30.9 Å². The number of piperidine rings is 1. The number of carbonyl (C=O) groups excluding carboxylic acids is 1. The largest absolute Gasteiger partial charge is 0.489 e. The van der Waals surface area contributed by atoms with Crippen LogP contribution in [0.4, 0.5) is 0 Å². The Hall–Kier alpha value is -1.04. The van der Waals surface area contributed by atoms with Crippen molar-refractivity contribution in [3.63, 3.8) is 0 Å². The van der Waals surface area contributed by atoms with Gasteiger partial charge in [-0.3, -0.25) is 4.98 Å². The highest BCUT2D eigenvalue weighted by Crippen LogP contribution is 2.17. The molecule has 0 atom stereocenters. The first-order valence-corrected chi connectivity index (χ1v) is 5.70. The Morgan fingerprint density at radius 2 is 2.00 bits per heavy atom. The molecule has 19 heavy (non-hydrogen) atoms. The van der Waals surface area contributed by atoms with E-state index in [2.05, 4.69) is 15.0 Å². The molecular formula is C12H18Cl2N2O3. The lowest BCUT2D eigenvalue weighted by Crippen LogP contribution is -2.34. The van der Waals surface area contributed by atoms with Crippen molar-refractivity contribution in [1.82, 2.24) is 10.3 Å². The van der Waals surface area contributed by atoms with Crippen LogP contribution in [0.1, 0.15) is 23.2 Å². The van der Waals surface area contributed by atoms with Crippen LogP contribution in [-0.2, 0) is 4.74 Å². The number of pyridine rings is 1. The fourth-order valence-corrected chi connectivity index (χ4v) is 1.82. The predicted molar refractivity (Wildman–Crippen MR) is 76.6 cm³/mol. The lowest BCUT2D eigenvalue weighted by atomic mass is 10.1. The van der Waals surface area contributed by atoms with Crippen molar-refractivity contribution in [2.24, 2.45) is 0 Å². The van der Waals surface area contributed by atoms with Crippen molar-refractivity contribution in [2.45, 2.75) is 18.9 Å². The first-order chi connectivity index (χ1) is 8.29. The quantitative estimate of drug-likeness (QED) is 0.863. The van der Waals surface area contributed by atoms with Crippen LogP contribution in [0.3, 0.4) is 0 Å². The first-order valence-electron chi connectivity index (χ1n) is 5.70. The van der Waals surface area contributed by atoms with Gasteiger partial charge in [-0.2, -0.15) is 0 Å². The highest BCUT2D eigenvalue weighted by Gasteiger charge is 2.15. The summed E-state index contributed by atoms with van der Waals surface area (Å²) in [5.41, 5.74) is 0.416. The van der Waals surface area contributed by atoms with Crippen LogP contribution in [-0.4, -0.2) is 37.3 Å². The Balaban J connectivity index is 0.00000162. The highest BCUT2D eigenvalue weighted by atomic mass is 35.5. The molecule has 108 valence electrons. The summed E-state index contributed by atoms with van der Waals surface area (Å²) in [4.78, 5) is 15.3. The van der Waals surface area contributed by atoms with Gasteiger partial charge in [0.15, 0.2) is 0 Å². The molecule has 0 aliphatic carbocycles. The molecule has 0 bridgehead atoms. The molecule has 5 nitrogen and oxygen atoms in total. The third-order valence-electron chi connectivity index (χ3n) is 2.72. The molecule has 7 heteroatoms. The number of methoxy groups -OCH3 is 1. The Morgan fingerprint density at radius 1 is 1.32 bits per heavy atom. The number of hydrogen-bond donors (Lipinski definition) is 1. The van der Waals surface area contributed by atoms with E-state index in [0.717, 1.165) is 25.9 Å². The van der Waals surface area contributed by atoms with E-state index in [9.17, 15) is 4.79 Å². The van der Waals surface area contributed by atoms with E-state index in [1.165, 1.54) is 13.3 Å². The number of ether oxygens (including phenoxy) is 2. The highest BCUT2D eigenvalue weighted by molar-refractivity contribution is 5.89. The van der Waals surface area contributed by atoms with Crippen LogP contribution in [0, 0.1) is 0 Å². The van der Waals surface area contributed by atoms with Crippen molar-refractivity contribution in [1.29, 1.82) is 0 Å². The van der Waals surface area contributed by atoms with E-state index in [1.54, 1.807) is 12.3 Å². The summed E-state index contributed by atoms with van der Waals surface area (Å²) in [5.74, 6) is 0.230. The van der Waals surface area contributed by atoms with Crippen LogP contribution in [0.5, 0.6) is 5.75 Å². The molecule has 0 amide bonds. The number of esters is 1. The zero-order valence-electron chi connectivity index (χ0n) is 10.6. The average molecular weight is 309 g/mol. The SMILES string of the molecule is COC(=O)c1cncc(OC2CCNCC2)c1.Cl.Cl. The van der Waals surface area contributed by atoms with Crippen molar-refractivity contribution >= 4 is 30.8 Å². The van der Waals surface area contributed by atoms with E-state index in [4.69, 9.17) is 4.74 Å². The van der Waals surface area contributed by atoms with Gasteiger partial charge < -0.3 is 14.8 Å². The number of aromatic nitrogens is 1. The van der Waals surface area contributed by atoms with Crippen molar-refractivity contribution in [3.05, 3.63) is 24.0 Å². The molecule has 2 heterocycles. The Labute approximate surface area is 124 Å². The number of nitrogens with one attached hydrogen (secondary N) is 1. The minimum Gasteiger partial charge on any atom is -0.489 e. The Kier molecular flexibility index (Phi) is 8.47. The van der Waals surface area contributed by atoms with Gasteiger partial charge in [-0.25, -0.2) is 4.79 Å². The van der Waals surface area contributed by atoms with Gasteiger partial charge in [-0.15, -0.1) is 24.8 Å². The summed E-state index contributed by atoms with van der Waals surface area (Å²) in [6, 6.07) is 1.67. The molecule has 1 aromatic rings. The molecule has 0 radical (unpaired) electrons. The Morgan fingerprint density at radius 3 is 2.63 bits per heavy atom. The lowest BCUT2D eigenvalue weighted by molar-refractivity contribution is 0.0599. The van der Waals surface area contributed by atoms with Crippen molar-refractivity contribution in [3.8, 4) is 5.75 Å². The van der Waals surface area contributed by atoms with Crippen LogP contribution in [0.15, 0.2) is 18.5 Å². The second-order valence-corrected chi connectivity index (χ2v) is 3.97. The third-order valence-corrected chi connectivity index (χ3v) is 2.72. The molecule has 0 spiro atoms. The molecule has 1 aliphatic heterocycles. The number of nitrogens with zero attached hydrogens (tertiary/aromatic N) is 1. The fraction of sp³-hybridized carbons (Fsp3) is 0.500.